The van der Waals surface area contributed by atoms with Gasteiger partial charge >= 0.3 is 0 Å². The molecular formula is C14H16IN3O. The highest BCUT2D eigenvalue weighted by Gasteiger charge is 2.13. The standard InChI is InChI=1S/C14H16IN3O/c1-8-4-5-9(2)10(6-8)14-17-11(7-19-3)12(15)13(16)18-14/h4-6H,7H2,1-3H3,(H2,16,17,18). The zero-order chi connectivity index (χ0) is 14.0. The van der Waals surface area contributed by atoms with Gasteiger partial charge in [0.2, 0.25) is 0 Å². The molecule has 2 N–H and O–H groups in total. The second-order valence-corrected chi connectivity index (χ2v) is 5.52. The van der Waals surface area contributed by atoms with Crippen LogP contribution < -0.4 is 5.73 Å². The van der Waals surface area contributed by atoms with Crippen molar-refractivity contribution in [2.45, 2.75) is 20.5 Å². The van der Waals surface area contributed by atoms with Crippen LogP contribution in [-0.4, -0.2) is 17.1 Å². The van der Waals surface area contributed by atoms with Gasteiger partial charge in [-0.25, -0.2) is 9.97 Å². The highest BCUT2D eigenvalue weighted by molar-refractivity contribution is 14.1. The predicted octanol–water partition coefficient (Wildman–Crippen LogP) is 3.09. The van der Waals surface area contributed by atoms with Crippen LogP contribution in [0.4, 0.5) is 5.82 Å². The van der Waals surface area contributed by atoms with Gasteiger partial charge in [0.05, 0.1) is 15.9 Å². The van der Waals surface area contributed by atoms with Gasteiger partial charge in [-0.05, 0) is 48.1 Å². The van der Waals surface area contributed by atoms with Gasteiger partial charge in [-0.3, -0.25) is 0 Å². The van der Waals surface area contributed by atoms with Crippen molar-refractivity contribution in [3.05, 3.63) is 38.6 Å². The third-order valence-corrected chi connectivity index (χ3v) is 4.04. The largest absolute Gasteiger partial charge is 0.383 e. The predicted molar refractivity (Wildman–Crippen MR) is 84.8 cm³/mol. The molecule has 2 aromatic rings. The molecule has 0 aliphatic rings. The molecule has 5 heteroatoms. The smallest absolute Gasteiger partial charge is 0.162 e. The minimum absolute atomic E-state index is 0.433. The fourth-order valence-corrected chi connectivity index (χ4v) is 2.24. The summed E-state index contributed by atoms with van der Waals surface area (Å²) in [5.41, 5.74) is 10.1. The minimum atomic E-state index is 0.433. The highest BCUT2D eigenvalue weighted by Crippen LogP contribution is 2.25. The Morgan fingerprint density at radius 2 is 2.00 bits per heavy atom. The van der Waals surface area contributed by atoms with Crippen LogP contribution >= 0.6 is 22.6 Å². The molecule has 0 saturated heterocycles. The van der Waals surface area contributed by atoms with Gasteiger partial charge in [-0.1, -0.05) is 17.7 Å². The Balaban J connectivity index is 2.59. The molecule has 0 amide bonds. The molecule has 1 aromatic carbocycles. The molecule has 4 nitrogen and oxygen atoms in total. The number of hydrogen-bond acceptors (Lipinski definition) is 4. The maximum atomic E-state index is 5.96. The summed E-state index contributed by atoms with van der Waals surface area (Å²) in [6, 6.07) is 6.22. The Morgan fingerprint density at radius 1 is 1.26 bits per heavy atom. The average molecular weight is 369 g/mol. The molecule has 0 bridgehead atoms. The maximum absolute atomic E-state index is 5.96. The summed E-state index contributed by atoms with van der Waals surface area (Å²) in [4.78, 5) is 8.96. The Kier molecular flexibility index (Phi) is 4.36. The van der Waals surface area contributed by atoms with Crippen LogP contribution in [-0.2, 0) is 11.3 Å². The van der Waals surface area contributed by atoms with Crippen molar-refractivity contribution in [1.82, 2.24) is 9.97 Å². The first-order chi connectivity index (χ1) is 9.02. The quantitative estimate of drug-likeness (QED) is 0.845. The van der Waals surface area contributed by atoms with E-state index in [0.717, 1.165) is 20.4 Å². The van der Waals surface area contributed by atoms with E-state index >= 15 is 0 Å². The third kappa shape index (κ3) is 3.03. The number of methoxy groups -OCH3 is 1. The van der Waals surface area contributed by atoms with Crippen LogP contribution in [0.5, 0.6) is 0 Å². The van der Waals surface area contributed by atoms with Gasteiger partial charge in [0.15, 0.2) is 5.82 Å². The number of hydrogen-bond donors (Lipinski definition) is 1. The summed E-state index contributed by atoms with van der Waals surface area (Å²) in [5.74, 6) is 1.16. The number of rotatable bonds is 3. The highest BCUT2D eigenvalue weighted by atomic mass is 127. The first kappa shape index (κ1) is 14.2. The van der Waals surface area contributed by atoms with Crippen molar-refractivity contribution >= 4 is 28.4 Å². The summed E-state index contributed by atoms with van der Waals surface area (Å²) < 4.78 is 6.01. The number of ether oxygens (including phenoxy) is 1. The van der Waals surface area contributed by atoms with Crippen molar-refractivity contribution in [3.8, 4) is 11.4 Å². The summed E-state index contributed by atoms with van der Waals surface area (Å²) in [7, 11) is 1.64. The molecule has 2 rings (SSSR count). The fourth-order valence-electron chi connectivity index (χ4n) is 1.84. The van der Waals surface area contributed by atoms with Gasteiger partial charge < -0.3 is 10.5 Å². The van der Waals surface area contributed by atoms with E-state index in [9.17, 15) is 0 Å². The van der Waals surface area contributed by atoms with Gasteiger partial charge in [0, 0.05) is 12.7 Å². The second-order valence-electron chi connectivity index (χ2n) is 4.44. The lowest BCUT2D eigenvalue weighted by Crippen LogP contribution is -2.06. The summed E-state index contributed by atoms with van der Waals surface area (Å²) >= 11 is 2.15. The van der Waals surface area contributed by atoms with Gasteiger partial charge in [-0.15, -0.1) is 0 Å². The van der Waals surface area contributed by atoms with E-state index in [2.05, 4.69) is 57.7 Å². The number of anilines is 1. The van der Waals surface area contributed by atoms with Crippen LogP contribution in [0.25, 0.3) is 11.4 Å². The number of nitrogens with zero attached hydrogens (tertiary/aromatic N) is 2. The van der Waals surface area contributed by atoms with Gasteiger partial charge in [0.1, 0.15) is 5.82 Å². The van der Waals surface area contributed by atoms with E-state index in [-0.39, 0.29) is 0 Å². The van der Waals surface area contributed by atoms with Gasteiger partial charge in [-0.2, -0.15) is 0 Å². The lowest BCUT2D eigenvalue weighted by Gasteiger charge is -2.10. The Bertz CT molecular complexity index is 614. The normalized spacial score (nSPS) is 10.7. The lowest BCUT2D eigenvalue weighted by molar-refractivity contribution is 0.181. The zero-order valence-corrected chi connectivity index (χ0v) is 13.4. The van der Waals surface area contributed by atoms with E-state index < -0.39 is 0 Å². The molecule has 0 fully saturated rings. The molecule has 0 radical (unpaired) electrons. The molecule has 0 unspecified atom stereocenters. The topological polar surface area (TPSA) is 61.0 Å². The first-order valence-corrected chi connectivity index (χ1v) is 6.99. The van der Waals surface area contributed by atoms with Crippen LogP contribution in [0.2, 0.25) is 0 Å². The molecule has 0 atom stereocenters. The van der Waals surface area contributed by atoms with Gasteiger partial charge in [0.25, 0.3) is 0 Å². The molecule has 1 aromatic heterocycles. The monoisotopic (exact) mass is 369 g/mol. The van der Waals surface area contributed by atoms with E-state index in [1.165, 1.54) is 5.56 Å². The molecule has 1 heterocycles. The van der Waals surface area contributed by atoms with E-state index in [1.807, 2.05) is 6.92 Å². The Morgan fingerprint density at radius 3 is 2.68 bits per heavy atom. The van der Waals surface area contributed by atoms with E-state index in [4.69, 9.17) is 10.5 Å². The summed E-state index contributed by atoms with van der Waals surface area (Å²) in [6.07, 6.45) is 0. The molecule has 0 spiro atoms. The van der Waals surface area contributed by atoms with Crippen LogP contribution in [0.1, 0.15) is 16.8 Å². The maximum Gasteiger partial charge on any atom is 0.162 e. The van der Waals surface area contributed by atoms with Crippen molar-refractivity contribution in [2.24, 2.45) is 0 Å². The van der Waals surface area contributed by atoms with Crippen LogP contribution in [0.15, 0.2) is 18.2 Å². The van der Waals surface area contributed by atoms with Crippen molar-refractivity contribution in [1.29, 1.82) is 0 Å². The number of aryl methyl sites for hydroxylation is 2. The lowest BCUT2D eigenvalue weighted by atomic mass is 10.1. The second kappa shape index (κ2) is 5.83. The van der Waals surface area contributed by atoms with E-state index in [0.29, 0.717) is 18.2 Å². The third-order valence-electron chi connectivity index (χ3n) is 2.86. The number of nitrogen functional groups attached to an aromatic ring is 1. The number of halogens is 1. The van der Waals surface area contributed by atoms with Crippen LogP contribution in [0.3, 0.4) is 0 Å². The molecule has 0 aliphatic heterocycles. The SMILES string of the molecule is COCc1nc(-c2cc(C)ccc2C)nc(N)c1I. The number of benzene rings is 1. The molecular weight excluding hydrogens is 353 g/mol. The Hall–Kier alpha value is -1.21. The molecule has 100 valence electrons. The fraction of sp³-hybridized carbons (Fsp3) is 0.286. The Labute approximate surface area is 126 Å². The minimum Gasteiger partial charge on any atom is -0.383 e. The van der Waals surface area contributed by atoms with Crippen LogP contribution in [0, 0.1) is 17.4 Å². The van der Waals surface area contributed by atoms with E-state index in [1.54, 1.807) is 7.11 Å². The summed E-state index contributed by atoms with van der Waals surface area (Å²) in [6.45, 7) is 4.53. The van der Waals surface area contributed by atoms with Crippen molar-refractivity contribution < 1.29 is 4.74 Å². The molecule has 0 aliphatic carbocycles. The van der Waals surface area contributed by atoms with Crippen molar-refractivity contribution in [2.75, 3.05) is 12.8 Å². The number of aromatic nitrogens is 2. The molecule has 19 heavy (non-hydrogen) atoms. The first-order valence-electron chi connectivity index (χ1n) is 5.91. The zero-order valence-electron chi connectivity index (χ0n) is 11.2. The average Bonchev–Trinajstić information content (AvgIpc) is 2.38. The number of nitrogens with two attached hydrogens (primary N) is 1. The summed E-state index contributed by atoms with van der Waals surface area (Å²) in [5, 5.41) is 0. The van der Waals surface area contributed by atoms with Crippen molar-refractivity contribution in [3.63, 3.8) is 0 Å². The molecule has 0 saturated carbocycles.